The minimum atomic E-state index is -0.0982. The maximum Gasteiger partial charge on any atom is 0.251 e. The van der Waals surface area contributed by atoms with E-state index in [1.54, 1.807) is 13.1 Å². The molecule has 1 aliphatic rings. The lowest BCUT2D eigenvalue weighted by Gasteiger charge is -2.20. The molecular formula is C21H33N5O2. The molecule has 2 amide bonds. The van der Waals surface area contributed by atoms with Gasteiger partial charge in [0.15, 0.2) is 5.96 Å². The van der Waals surface area contributed by atoms with Crippen molar-refractivity contribution in [1.29, 1.82) is 0 Å². The number of nitrogens with zero attached hydrogens (tertiary/aromatic N) is 2. The van der Waals surface area contributed by atoms with Crippen LogP contribution in [0.2, 0.25) is 0 Å². The zero-order chi connectivity index (χ0) is 20.2. The molecule has 1 aromatic carbocycles. The highest BCUT2D eigenvalue weighted by atomic mass is 16.2. The fourth-order valence-corrected chi connectivity index (χ4v) is 3.22. The van der Waals surface area contributed by atoms with E-state index in [4.69, 9.17) is 0 Å². The number of hydrogen-bond donors (Lipinski definition) is 3. The third-order valence-electron chi connectivity index (χ3n) is 4.75. The van der Waals surface area contributed by atoms with Gasteiger partial charge in [-0.3, -0.25) is 9.59 Å². The van der Waals surface area contributed by atoms with E-state index >= 15 is 0 Å². The number of rotatable bonds is 8. The Labute approximate surface area is 168 Å². The van der Waals surface area contributed by atoms with Gasteiger partial charge in [-0.1, -0.05) is 18.6 Å². The molecule has 7 nitrogen and oxygen atoms in total. The zero-order valence-electron chi connectivity index (χ0n) is 17.1. The average Bonchev–Trinajstić information content (AvgIpc) is 2.92. The van der Waals surface area contributed by atoms with E-state index in [-0.39, 0.29) is 11.8 Å². The normalized spacial score (nSPS) is 15.1. The van der Waals surface area contributed by atoms with Crippen LogP contribution in [0, 0.1) is 0 Å². The quantitative estimate of drug-likeness (QED) is 0.361. The van der Waals surface area contributed by atoms with Crippen LogP contribution in [0.3, 0.4) is 0 Å². The number of amides is 2. The van der Waals surface area contributed by atoms with Crippen LogP contribution in [0.1, 0.15) is 54.9 Å². The molecule has 0 atom stereocenters. The molecule has 154 valence electrons. The summed E-state index contributed by atoms with van der Waals surface area (Å²) in [5.41, 5.74) is 1.61. The van der Waals surface area contributed by atoms with Gasteiger partial charge in [-0.2, -0.15) is 0 Å². The van der Waals surface area contributed by atoms with Crippen LogP contribution < -0.4 is 16.0 Å². The molecule has 0 aromatic heterocycles. The van der Waals surface area contributed by atoms with Crippen molar-refractivity contribution in [3.8, 4) is 0 Å². The maximum absolute atomic E-state index is 12.0. The van der Waals surface area contributed by atoms with E-state index in [0.29, 0.717) is 18.5 Å². The van der Waals surface area contributed by atoms with Gasteiger partial charge in [0.2, 0.25) is 5.91 Å². The lowest BCUT2D eigenvalue weighted by molar-refractivity contribution is -0.130. The second-order valence-corrected chi connectivity index (χ2v) is 6.95. The van der Waals surface area contributed by atoms with Crippen molar-refractivity contribution >= 4 is 17.8 Å². The Morgan fingerprint density at radius 2 is 2.07 bits per heavy atom. The van der Waals surface area contributed by atoms with Gasteiger partial charge in [-0.05, 0) is 43.9 Å². The van der Waals surface area contributed by atoms with E-state index in [1.165, 1.54) is 0 Å². The summed E-state index contributed by atoms with van der Waals surface area (Å²) in [5, 5.41) is 9.20. The van der Waals surface area contributed by atoms with E-state index in [0.717, 1.165) is 63.4 Å². The second-order valence-electron chi connectivity index (χ2n) is 6.95. The highest BCUT2D eigenvalue weighted by Gasteiger charge is 2.15. The first-order valence-corrected chi connectivity index (χ1v) is 10.2. The van der Waals surface area contributed by atoms with E-state index in [1.807, 2.05) is 30.0 Å². The SMILES string of the molecule is CCNC(=NCc1cccc(C(=O)NC)c1)NCCCN1CCCCCC1=O. The van der Waals surface area contributed by atoms with Gasteiger partial charge < -0.3 is 20.9 Å². The second kappa shape index (κ2) is 12.0. The molecule has 1 aromatic rings. The molecule has 3 N–H and O–H groups in total. The zero-order valence-corrected chi connectivity index (χ0v) is 17.1. The number of nitrogens with one attached hydrogen (secondary N) is 3. The van der Waals surface area contributed by atoms with Crippen molar-refractivity contribution in [3.63, 3.8) is 0 Å². The smallest absolute Gasteiger partial charge is 0.251 e. The number of guanidine groups is 1. The van der Waals surface area contributed by atoms with Gasteiger partial charge in [0.1, 0.15) is 0 Å². The predicted molar refractivity (Wildman–Crippen MR) is 112 cm³/mol. The molecule has 7 heteroatoms. The van der Waals surface area contributed by atoms with E-state index in [2.05, 4.69) is 20.9 Å². The monoisotopic (exact) mass is 387 g/mol. The third-order valence-corrected chi connectivity index (χ3v) is 4.75. The van der Waals surface area contributed by atoms with Crippen LogP contribution in [0.15, 0.2) is 29.3 Å². The van der Waals surface area contributed by atoms with Gasteiger partial charge >= 0.3 is 0 Å². The molecule has 1 fully saturated rings. The molecule has 0 unspecified atom stereocenters. The summed E-state index contributed by atoms with van der Waals surface area (Å²) in [6.07, 6.45) is 4.86. The molecule has 28 heavy (non-hydrogen) atoms. The predicted octanol–water partition coefficient (Wildman–Crippen LogP) is 1.89. The number of hydrogen-bond acceptors (Lipinski definition) is 3. The molecule has 2 rings (SSSR count). The number of benzene rings is 1. The van der Waals surface area contributed by atoms with E-state index in [9.17, 15) is 9.59 Å². The largest absolute Gasteiger partial charge is 0.357 e. The minimum absolute atomic E-state index is 0.0982. The lowest BCUT2D eigenvalue weighted by atomic mass is 10.1. The highest BCUT2D eigenvalue weighted by molar-refractivity contribution is 5.94. The van der Waals surface area contributed by atoms with Gasteiger partial charge in [0.05, 0.1) is 6.54 Å². The number of carbonyl (C=O) groups excluding carboxylic acids is 2. The van der Waals surface area contributed by atoms with Crippen molar-refractivity contribution in [2.75, 3.05) is 33.2 Å². The summed E-state index contributed by atoms with van der Waals surface area (Å²) >= 11 is 0. The Morgan fingerprint density at radius 3 is 2.86 bits per heavy atom. The molecule has 0 radical (unpaired) electrons. The van der Waals surface area contributed by atoms with Gasteiger partial charge in [0, 0.05) is 45.2 Å². The molecule has 0 saturated carbocycles. The summed E-state index contributed by atoms with van der Waals surface area (Å²) < 4.78 is 0. The first-order valence-electron chi connectivity index (χ1n) is 10.2. The van der Waals surface area contributed by atoms with E-state index < -0.39 is 0 Å². The highest BCUT2D eigenvalue weighted by Crippen LogP contribution is 2.11. The molecular weight excluding hydrogens is 354 g/mol. The molecule has 0 aliphatic carbocycles. The van der Waals surface area contributed by atoms with Crippen molar-refractivity contribution < 1.29 is 9.59 Å². The topological polar surface area (TPSA) is 85.8 Å². The molecule has 0 spiro atoms. The van der Waals surface area contributed by atoms with Crippen LogP contribution in [0.4, 0.5) is 0 Å². The Balaban J connectivity index is 1.83. The van der Waals surface area contributed by atoms with Crippen LogP contribution in [-0.2, 0) is 11.3 Å². The average molecular weight is 388 g/mol. The van der Waals surface area contributed by atoms with Gasteiger partial charge in [-0.15, -0.1) is 0 Å². The first-order chi connectivity index (χ1) is 13.6. The fourth-order valence-electron chi connectivity index (χ4n) is 3.22. The van der Waals surface area contributed by atoms with Crippen molar-refractivity contribution in [2.45, 2.75) is 45.6 Å². The van der Waals surface area contributed by atoms with Crippen LogP contribution in [-0.4, -0.2) is 55.9 Å². The van der Waals surface area contributed by atoms with Crippen LogP contribution in [0.5, 0.6) is 0 Å². The summed E-state index contributed by atoms with van der Waals surface area (Å²) in [5.74, 6) is 0.933. The van der Waals surface area contributed by atoms with Crippen molar-refractivity contribution in [2.24, 2.45) is 4.99 Å². The maximum atomic E-state index is 12.0. The summed E-state index contributed by atoms with van der Waals surface area (Å²) in [6.45, 7) is 5.72. The Hall–Kier alpha value is -2.57. The summed E-state index contributed by atoms with van der Waals surface area (Å²) in [6, 6.07) is 7.48. The standard InChI is InChI=1S/C21H33N5O2/c1-3-23-21(24-12-8-14-26-13-6-4-5-11-19(26)27)25-16-17-9-7-10-18(15-17)20(28)22-2/h7,9-10,15H,3-6,8,11-14,16H2,1-2H3,(H,22,28)(H2,23,24,25). The van der Waals surface area contributed by atoms with Crippen LogP contribution >= 0.6 is 0 Å². The third kappa shape index (κ3) is 7.21. The minimum Gasteiger partial charge on any atom is -0.357 e. The molecule has 1 heterocycles. The number of aliphatic imine (C=N–C) groups is 1. The summed E-state index contributed by atoms with van der Waals surface area (Å²) in [7, 11) is 1.62. The van der Waals surface area contributed by atoms with Gasteiger partial charge in [0.25, 0.3) is 5.91 Å². The van der Waals surface area contributed by atoms with Crippen molar-refractivity contribution in [1.82, 2.24) is 20.9 Å². The van der Waals surface area contributed by atoms with Crippen molar-refractivity contribution in [3.05, 3.63) is 35.4 Å². The summed E-state index contributed by atoms with van der Waals surface area (Å²) in [4.78, 5) is 30.4. The first kappa shape index (κ1) is 21.7. The number of carbonyl (C=O) groups is 2. The number of likely N-dealkylation sites (tertiary alicyclic amines) is 1. The molecule has 1 saturated heterocycles. The molecule has 1 aliphatic heterocycles. The van der Waals surface area contributed by atoms with Crippen LogP contribution in [0.25, 0.3) is 0 Å². The Morgan fingerprint density at radius 1 is 1.21 bits per heavy atom. The fraction of sp³-hybridized carbons (Fsp3) is 0.571. The Bertz CT molecular complexity index is 675. The Kier molecular flexibility index (Phi) is 9.31. The van der Waals surface area contributed by atoms with Gasteiger partial charge in [-0.25, -0.2) is 4.99 Å². The lowest BCUT2D eigenvalue weighted by Crippen LogP contribution is -2.39. The molecule has 0 bridgehead atoms.